The molecule has 7 nitrogen and oxygen atoms in total. The van der Waals surface area contributed by atoms with E-state index >= 15 is 0 Å². The van der Waals surface area contributed by atoms with Gasteiger partial charge in [0.25, 0.3) is 0 Å². The number of ether oxygens (including phenoxy) is 2. The number of benzene rings is 1. The molecule has 0 unspecified atom stereocenters. The summed E-state index contributed by atoms with van der Waals surface area (Å²) >= 11 is 0. The number of pyridine rings is 2. The van der Waals surface area contributed by atoms with Crippen molar-refractivity contribution in [3.63, 3.8) is 0 Å². The highest BCUT2D eigenvalue weighted by atomic mass is 16.5. The van der Waals surface area contributed by atoms with Crippen LogP contribution >= 0.6 is 0 Å². The Kier molecular flexibility index (Phi) is 5.43. The van der Waals surface area contributed by atoms with Crippen molar-refractivity contribution < 1.29 is 9.47 Å². The lowest BCUT2D eigenvalue weighted by molar-refractivity contribution is 0.00635. The van der Waals surface area contributed by atoms with E-state index in [4.69, 9.17) is 9.47 Å². The first kappa shape index (κ1) is 20.7. The Hall–Kier alpha value is -3.19. The third-order valence-corrected chi connectivity index (χ3v) is 6.50. The maximum Gasteiger partial charge on any atom is 0.329 e. The highest BCUT2D eigenvalue weighted by Gasteiger charge is 2.33. The Morgan fingerprint density at radius 3 is 2.62 bits per heavy atom. The van der Waals surface area contributed by atoms with Crippen LogP contribution in [0.4, 0.5) is 0 Å². The first-order chi connectivity index (χ1) is 15.6. The summed E-state index contributed by atoms with van der Waals surface area (Å²) < 4.78 is 14.8. The molecule has 0 aliphatic heterocycles. The van der Waals surface area contributed by atoms with Crippen molar-refractivity contribution in [1.82, 2.24) is 19.1 Å². The van der Waals surface area contributed by atoms with Crippen LogP contribution < -0.4 is 10.4 Å². The van der Waals surface area contributed by atoms with Crippen molar-refractivity contribution in [2.45, 2.75) is 44.8 Å². The van der Waals surface area contributed by atoms with E-state index in [0.29, 0.717) is 12.5 Å². The Bertz CT molecular complexity index is 1320. The van der Waals surface area contributed by atoms with Crippen LogP contribution in [0.2, 0.25) is 0 Å². The van der Waals surface area contributed by atoms with Gasteiger partial charge in [0, 0.05) is 43.4 Å². The van der Waals surface area contributed by atoms with E-state index in [1.165, 1.54) is 0 Å². The number of methoxy groups -OCH3 is 1. The van der Waals surface area contributed by atoms with E-state index in [1.807, 2.05) is 42.1 Å². The van der Waals surface area contributed by atoms with Crippen LogP contribution in [0.15, 0.2) is 47.5 Å². The standard InChI is InChI=1S/C25H28N4O3/c1-4-5-10-32-23-9-7-17(14-27-23)16-6-8-21-20(11-16)24-22(15-26-21)28(2)25(30)29(24)18-12-19(13-18)31-3/h6-9,11,14-15,18-19H,4-5,10,12-13H2,1-3H3. The van der Waals surface area contributed by atoms with E-state index in [-0.39, 0.29) is 17.8 Å². The van der Waals surface area contributed by atoms with Gasteiger partial charge >= 0.3 is 5.69 Å². The normalized spacial score (nSPS) is 18.2. The summed E-state index contributed by atoms with van der Waals surface area (Å²) in [6.07, 6.45) is 7.66. The van der Waals surface area contributed by atoms with Gasteiger partial charge in [0.15, 0.2) is 0 Å². The van der Waals surface area contributed by atoms with Crippen molar-refractivity contribution in [2.75, 3.05) is 13.7 Å². The van der Waals surface area contributed by atoms with Gasteiger partial charge in [0.05, 0.1) is 35.5 Å². The van der Waals surface area contributed by atoms with Gasteiger partial charge in [0.2, 0.25) is 5.88 Å². The molecule has 3 aromatic heterocycles. The molecule has 0 N–H and O–H groups in total. The van der Waals surface area contributed by atoms with Gasteiger partial charge in [-0.1, -0.05) is 19.4 Å². The van der Waals surface area contributed by atoms with E-state index < -0.39 is 0 Å². The minimum absolute atomic E-state index is 0.00509. The van der Waals surface area contributed by atoms with Gasteiger partial charge in [-0.05, 0) is 43.0 Å². The zero-order valence-electron chi connectivity index (χ0n) is 18.7. The Morgan fingerprint density at radius 2 is 1.91 bits per heavy atom. The second kappa shape index (κ2) is 8.39. The molecular formula is C25H28N4O3. The van der Waals surface area contributed by atoms with E-state index in [2.05, 4.69) is 23.0 Å². The fourth-order valence-electron chi connectivity index (χ4n) is 4.44. The summed E-state index contributed by atoms with van der Waals surface area (Å²) in [5.41, 5.74) is 4.69. The smallest absolute Gasteiger partial charge is 0.329 e. The molecule has 1 aliphatic rings. The number of unbranched alkanes of at least 4 members (excludes halogenated alkanes) is 1. The first-order valence-electron chi connectivity index (χ1n) is 11.2. The zero-order chi connectivity index (χ0) is 22.2. The van der Waals surface area contributed by atoms with Crippen molar-refractivity contribution >= 4 is 21.9 Å². The molecule has 7 heteroatoms. The molecule has 3 heterocycles. The number of rotatable bonds is 7. The van der Waals surface area contributed by atoms with Gasteiger partial charge < -0.3 is 9.47 Å². The first-order valence-corrected chi connectivity index (χ1v) is 11.2. The lowest BCUT2D eigenvalue weighted by Gasteiger charge is -2.34. The van der Waals surface area contributed by atoms with Crippen LogP contribution in [0.1, 0.15) is 38.6 Å². The molecule has 1 fully saturated rings. The lowest BCUT2D eigenvalue weighted by atomic mass is 9.89. The maximum atomic E-state index is 13.1. The number of aryl methyl sites for hydroxylation is 1. The van der Waals surface area contributed by atoms with Gasteiger partial charge in [-0.15, -0.1) is 0 Å². The second-order valence-corrected chi connectivity index (χ2v) is 8.51. The van der Waals surface area contributed by atoms with Gasteiger partial charge in [-0.2, -0.15) is 0 Å². The third kappa shape index (κ3) is 3.46. The summed E-state index contributed by atoms with van der Waals surface area (Å²) in [4.78, 5) is 22.2. The Morgan fingerprint density at radius 1 is 1.09 bits per heavy atom. The third-order valence-electron chi connectivity index (χ3n) is 6.50. The molecule has 0 amide bonds. The van der Waals surface area contributed by atoms with Crippen molar-refractivity contribution in [2.24, 2.45) is 7.05 Å². The molecule has 0 atom stereocenters. The summed E-state index contributed by atoms with van der Waals surface area (Å²) in [6, 6.07) is 10.2. The minimum atomic E-state index is -0.00509. The minimum Gasteiger partial charge on any atom is -0.478 e. The van der Waals surface area contributed by atoms with E-state index in [0.717, 1.165) is 58.7 Å². The fourth-order valence-corrected chi connectivity index (χ4v) is 4.44. The van der Waals surface area contributed by atoms with Crippen LogP contribution in [-0.2, 0) is 11.8 Å². The van der Waals surface area contributed by atoms with Gasteiger partial charge in [-0.25, -0.2) is 9.78 Å². The van der Waals surface area contributed by atoms with Crippen molar-refractivity contribution in [1.29, 1.82) is 0 Å². The predicted octanol–water partition coefficient (Wildman–Crippen LogP) is 4.48. The highest BCUT2D eigenvalue weighted by Crippen LogP contribution is 2.37. The fraction of sp³-hybridized carbons (Fsp3) is 0.400. The van der Waals surface area contributed by atoms with Crippen LogP contribution in [0.3, 0.4) is 0 Å². The molecule has 4 aromatic rings. The average molecular weight is 433 g/mol. The lowest BCUT2D eigenvalue weighted by Crippen LogP contribution is -2.37. The molecule has 0 radical (unpaired) electrons. The zero-order valence-corrected chi connectivity index (χ0v) is 18.7. The number of imidazole rings is 1. The molecule has 0 saturated heterocycles. The average Bonchev–Trinajstić information content (AvgIpc) is 3.04. The monoisotopic (exact) mass is 432 g/mol. The number of hydrogen-bond acceptors (Lipinski definition) is 5. The second-order valence-electron chi connectivity index (χ2n) is 8.51. The maximum absolute atomic E-state index is 13.1. The molecule has 1 aromatic carbocycles. The van der Waals surface area contributed by atoms with Gasteiger partial charge in [0.1, 0.15) is 0 Å². The largest absolute Gasteiger partial charge is 0.478 e. The molecule has 166 valence electrons. The van der Waals surface area contributed by atoms with Crippen LogP contribution in [0.25, 0.3) is 33.1 Å². The number of aromatic nitrogens is 4. The molecule has 0 bridgehead atoms. The van der Waals surface area contributed by atoms with Gasteiger partial charge in [-0.3, -0.25) is 14.1 Å². The van der Waals surface area contributed by atoms with E-state index in [9.17, 15) is 4.79 Å². The summed E-state index contributed by atoms with van der Waals surface area (Å²) in [5.74, 6) is 0.640. The van der Waals surface area contributed by atoms with E-state index in [1.54, 1.807) is 17.9 Å². The SMILES string of the molecule is CCCCOc1ccc(-c2ccc3ncc4c(c3c2)n(C2CC(OC)C2)c(=O)n4C)cn1. The van der Waals surface area contributed by atoms with Crippen LogP contribution in [0, 0.1) is 0 Å². The number of hydrogen-bond donors (Lipinski definition) is 0. The summed E-state index contributed by atoms with van der Waals surface area (Å²) in [7, 11) is 3.54. The summed E-state index contributed by atoms with van der Waals surface area (Å²) in [5, 5.41) is 0.974. The molecule has 0 spiro atoms. The van der Waals surface area contributed by atoms with Crippen LogP contribution in [0.5, 0.6) is 5.88 Å². The molecular weight excluding hydrogens is 404 g/mol. The molecule has 1 aliphatic carbocycles. The number of nitrogens with zero attached hydrogens (tertiary/aromatic N) is 4. The van der Waals surface area contributed by atoms with Crippen molar-refractivity contribution in [3.05, 3.63) is 53.2 Å². The number of fused-ring (bicyclic) bond motifs is 3. The quantitative estimate of drug-likeness (QED) is 0.403. The van der Waals surface area contributed by atoms with Crippen molar-refractivity contribution in [3.8, 4) is 17.0 Å². The predicted molar refractivity (Wildman–Crippen MR) is 125 cm³/mol. The molecule has 32 heavy (non-hydrogen) atoms. The topological polar surface area (TPSA) is 71.2 Å². The van der Waals surface area contributed by atoms with Crippen LogP contribution in [-0.4, -0.2) is 38.9 Å². The highest BCUT2D eigenvalue weighted by molar-refractivity contribution is 6.04. The summed E-state index contributed by atoms with van der Waals surface area (Å²) in [6.45, 7) is 2.82. The Balaban J connectivity index is 1.58. The molecule has 1 saturated carbocycles. The Labute approximate surface area is 186 Å². The molecule has 5 rings (SSSR count).